The maximum absolute atomic E-state index is 13.0. The molecule has 8 nitrogen and oxygen atoms in total. The van der Waals surface area contributed by atoms with E-state index in [9.17, 15) is 18.8 Å². The van der Waals surface area contributed by atoms with Crippen molar-refractivity contribution in [2.24, 2.45) is 0 Å². The van der Waals surface area contributed by atoms with E-state index in [0.717, 1.165) is 29.5 Å². The van der Waals surface area contributed by atoms with Crippen molar-refractivity contribution in [3.8, 4) is 0 Å². The van der Waals surface area contributed by atoms with E-state index < -0.39 is 17.3 Å². The number of hydrogen-bond acceptors (Lipinski definition) is 6. The Kier molecular flexibility index (Phi) is 6.48. The Morgan fingerprint density at radius 3 is 2.57 bits per heavy atom. The summed E-state index contributed by atoms with van der Waals surface area (Å²) in [5.41, 5.74) is 6.74. The van der Waals surface area contributed by atoms with Crippen LogP contribution in [0.15, 0.2) is 58.5 Å². The van der Waals surface area contributed by atoms with Gasteiger partial charge in [0.1, 0.15) is 11.5 Å². The number of nitrogens with zero attached hydrogens (tertiary/aromatic N) is 1. The molecule has 0 bridgehead atoms. The summed E-state index contributed by atoms with van der Waals surface area (Å²) in [6, 6.07) is 12.2. The van der Waals surface area contributed by atoms with Gasteiger partial charge in [0, 0.05) is 11.3 Å². The van der Waals surface area contributed by atoms with Crippen LogP contribution >= 0.6 is 11.8 Å². The van der Waals surface area contributed by atoms with Gasteiger partial charge in [0.2, 0.25) is 5.91 Å². The van der Waals surface area contributed by atoms with Gasteiger partial charge in [-0.25, -0.2) is 9.37 Å². The number of halogens is 1. The van der Waals surface area contributed by atoms with Gasteiger partial charge in [-0.15, -0.1) is 0 Å². The Morgan fingerprint density at radius 2 is 1.90 bits per heavy atom. The van der Waals surface area contributed by atoms with Crippen molar-refractivity contribution < 1.29 is 14.0 Å². The number of H-pyrrole nitrogens is 1. The Labute approximate surface area is 175 Å². The molecule has 0 aliphatic heterocycles. The van der Waals surface area contributed by atoms with Crippen molar-refractivity contribution in [3.63, 3.8) is 0 Å². The van der Waals surface area contributed by atoms with E-state index in [4.69, 9.17) is 5.73 Å². The monoisotopic (exact) mass is 427 g/mol. The number of amides is 2. The van der Waals surface area contributed by atoms with Crippen molar-refractivity contribution in [1.29, 1.82) is 0 Å². The van der Waals surface area contributed by atoms with Gasteiger partial charge in [0.25, 0.3) is 11.5 Å². The molecule has 0 saturated carbocycles. The number of nitrogens with two attached hydrogens (primary N) is 1. The zero-order valence-electron chi connectivity index (χ0n) is 15.9. The molecule has 0 aliphatic rings. The van der Waals surface area contributed by atoms with Gasteiger partial charge >= 0.3 is 0 Å². The number of carbonyl (C=O) groups is 2. The van der Waals surface area contributed by atoms with Crippen LogP contribution in [0.2, 0.25) is 0 Å². The number of anilines is 3. The Hall–Kier alpha value is -3.66. The van der Waals surface area contributed by atoms with Gasteiger partial charge in [-0.2, -0.15) is 0 Å². The van der Waals surface area contributed by atoms with Crippen molar-refractivity contribution in [2.45, 2.75) is 12.1 Å². The number of nitrogens with one attached hydrogen (secondary N) is 3. The summed E-state index contributed by atoms with van der Waals surface area (Å²) in [5, 5.41) is 5.25. The van der Waals surface area contributed by atoms with Gasteiger partial charge < -0.3 is 16.4 Å². The van der Waals surface area contributed by atoms with Gasteiger partial charge in [0.05, 0.1) is 5.75 Å². The van der Waals surface area contributed by atoms with Gasteiger partial charge in [-0.1, -0.05) is 23.9 Å². The second-order valence-corrected chi connectivity index (χ2v) is 7.26. The number of nitrogen functional groups attached to an aromatic ring is 1. The normalized spacial score (nSPS) is 10.5. The SMILES string of the molecule is Cc1cccc(NC(=O)CSc2nc(N)c(NC(=O)c3ccc(F)cc3)c(=O)[nH]2)c1. The molecule has 0 saturated heterocycles. The van der Waals surface area contributed by atoms with E-state index in [2.05, 4.69) is 20.6 Å². The number of benzene rings is 2. The number of aromatic nitrogens is 2. The van der Waals surface area contributed by atoms with Gasteiger partial charge in [-0.3, -0.25) is 19.4 Å². The summed E-state index contributed by atoms with van der Waals surface area (Å²) in [6.45, 7) is 1.91. The van der Waals surface area contributed by atoms with Gasteiger partial charge in [-0.05, 0) is 48.9 Å². The van der Waals surface area contributed by atoms with Crippen LogP contribution in [0.3, 0.4) is 0 Å². The molecule has 3 rings (SSSR count). The first-order valence-electron chi connectivity index (χ1n) is 8.78. The number of hydrogen-bond donors (Lipinski definition) is 4. The second kappa shape index (κ2) is 9.23. The average molecular weight is 427 g/mol. The first kappa shape index (κ1) is 21.1. The molecule has 30 heavy (non-hydrogen) atoms. The van der Waals surface area contributed by atoms with Crippen LogP contribution in [0.1, 0.15) is 15.9 Å². The molecule has 3 aromatic rings. The molecule has 1 heterocycles. The van der Waals surface area contributed by atoms with Crippen molar-refractivity contribution in [2.75, 3.05) is 22.1 Å². The van der Waals surface area contributed by atoms with Gasteiger partial charge in [0.15, 0.2) is 11.0 Å². The third-order valence-corrected chi connectivity index (χ3v) is 4.79. The molecule has 10 heteroatoms. The summed E-state index contributed by atoms with van der Waals surface area (Å²) in [5.74, 6) is -1.60. The fraction of sp³-hybridized carbons (Fsp3) is 0.100. The summed E-state index contributed by atoms with van der Waals surface area (Å²) in [4.78, 5) is 43.1. The molecule has 0 aliphatic carbocycles. The minimum Gasteiger partial charge on any atom is -0.382 e. The van der Waals surface area contributed by atoms with E-state index in [-0.39, 0.29) is 33.9 Å². The molecule has 154 valence electrons. The summed E-state index contributed by atoms with van der Waals surface area (Å²) in [7, 11) is 0. The van der Waals surface area contributed by atoms with E-state index in [1.165, 1.54) is 12.1 Å². The zero-order chi connectivity index (χ0) is 21.7. The quantitative estimate of drug-likeness (QED) is 0.354. The number of carbonyl (C=O) groups excluding carboxylic acids is 2. The lowest BCUT2D eigenvalue weighted by Crippen LogP contribution is -2.23. The first-order chi connectivity index (χ1) is 14.3. The van der Waals surface area contributed by atoms with Crippen LogP contribution < -0.4 is 21.9 Å². The zero-order valence-corrected chi connectivity index (χ0v) is 16.7. The third kappa shape index (κ3) is 5.45. The summed E-state index contributed by atoms with van der Waals surface area (Å²) < 4.78 is 13.0. The minimum absolute atomic E-state index is 0.00237. The van der Waals surface area contributed by atoms with Crippen molar-refractivity contribution in [1.82, 2.24) is 9.97 Å². The Balaban J connectivity index is 1.64. The van der Waals surface area contributed by atoms with Crippen LogP contribution in [-0.2, 0) is 4.79 Å². The number of aryl methyl sites for hydroxylation is 1. The fourth-order valence-electron chi connectivity index (χ4n) is 2.50. The van der Waals surface area contributed by atoms with E-state index in [1.54, 1.807) is 6.07 Å². The molecule has 0 fully saturated rings. The molecular formula is C20H18FN5O3S. The highest BCUT2D eigenvalue weighted by molar-refractivity contribution is 7.99. The van der Waals surface area contributed by atoms with E-state index >= 15 is 0 Å². The largest absolute Gasteiger partial charge is 0.382 e. The maximum Gasteiger partial charge on any atom is 0.277 e. The summed E-state index contributed by atoms with van der Waals surface area (Å²) >= 11 is 0.993. The lowest BCUT2D eigenvalue weighted by Gasteiger charge is -2.09. The Morgan fingerprint density at radius 1 is 1.17 bits per heavy atom. The van der Waals surface area contributed by atoms with Crippen LogP contribution in [0, 0.1) is 12.7 Å². The third-order valence-electron chi connectivity index (χ3n) is 3.91. The Bertz CT molecular complexity index is 1150. The minimum atomic E-state index is -0.667. The maximum atomic E-state index is 13.0. The predicted octanol–water partition coefficient (Wildman–Crippen LogP) is 2.78. The molecule has 0 radical (unpaired) electrons. The van der Waals surface area contributed by atoms with E-state index in [0.29, 0.717) is 5.69 Å². The molecule has 2 amide bonds. The number of aromatic amines is 1. The molecule has 1 aromatic heterocycles. The highest BCUT2D eigenvalue weighted by Crippen LogP contribution is 2.18. The van der Waals surface area contributed by atoms with Crippen LogP contribution in [-0.4, -0.2) is 27.5 Å². The average Bonchev–Trinajstić information content (AvgIpc) is 2.69. The van der Waals surface area contributed by atoms with Crippen molar-refractivity contribution in [3.05, 3.63) is 75.8 Å². The van der Waals surface area contributed by atoms with Crippen LogP contribution in [0.4, 0.5) is 21.6 Å². The highest BCUT2D eigenvalue weighted by atomic mass is 32.2. The standard InChI is InChI=1S/C20H18FN5O3S/c1-11-3-2-4-14(9-11)23-15(27)10-30-20-25-17(22)16(19(29)26-20)24-18(28)12-5-7-13(21)8-6-12/h2-9H,10H2,1H3,(H,23,27)(H,24,28)(H3,22,25,26,29). The molecular weight excluding hydrogens is 409 g/mol. The lowest BCUT2D eigenvalue weighted by atomic mass is 10.2. The molecule has 5 N–H and O–H groups in total. The van der Waals surface area contributed by atoms with Crippen molar-refractivity contribution >= 4 is 40.8 Å². The smallest absolute Gasteiger partial charge is 0.277 e. The molecule has 2 aromatic carbocycles. The number of thioether (sulfide) groups is 1. The summed E-state index contributed by atoms with van der Waals surface area (Å²) in [6.07, 6.45) is 0. The van der Waals surface area contributed by atoms with Crippen LogP contribution in [0.5, 0.6) is 0 Å². The predicted molar refractivity (Wildman–Crippen MR) is 114 cm³/mol. The van der Waals surface area contributed by atoms with Crippen LogP contribution in [0.25, 0.3) is 0 Å². The fourth-order valence-corrected chi connectivity index (χ4v) is 3.17. The lowest BCUT2D eigenvalue weighted by molar-refractivity contribution is -0.113. The number of rotatable bonds is 6. The topological polar surface area (TPSA) is 130 Å². The molecule has 0 atom stereocenters. The second-order valence-electron chi connectivity index (χ2n) is 6.30. The highest BCUT2D eigenvalue weighted by Gasteiger charge is 2.15. The first-order valence-corrected chi connectivity index (χ1v) is 9.76. The molecule has 0 spiro atoms. The molecule has 0 unspecified atom stereocenters. The van der Waals surface area contributed by atoms with E-state index in [1.807, 2.05) is 25.1 Å².